The zero-order valence-electron chi connectivity index (χ0n) is 21.3. The molecule has 1 saturated carbocycles. The van der Waals surface area contributed by atoms with Crippen molar-refractivity contribution in [3.63, 3.8) is 0 Å². The standard InChI is InChI=1S/C29H25F2N5O3/c1-16(2)38-23-4-3-17(9-18(23)12-32)20-13-34-27-25(20)24(5-8-33-27)39-26-21(30)10-19(11-22(26)31)36-28-35-14-29(6-7-29)15-37-28/h3-5,8-11,13,16H,6-7,14-15H2,1-2H3,(H,33,34)(H,35,36). The molecule has 2 aromatic carbocycles. The van der Waals surface area contributed by atoms with Crippen LogP contribution in [0.5, 0.6) is 17.2 Å². The number of fused-ring (bicyclic) bond motifs is 1. The summed E-state index contributed by atoms with van der Waals surface area (Å²) in [5, 5.41) is 13.0. The van der Waals surface area contributed by atoms with E-state index in [-0.39, 0.29) is 29.0 Å². The number of halogens is 2. The molecular weight excluding hydrogens is 504 g/mol. The molecule has 4 aromatic rings. The quantitative estimate of drug-likeness (QED) is 0.294. The number of H-pyrrole nitrogens is 1. The van der Waals surface area contributed by atoms with Crippen LogP contribution in [-0.2, 0) is 4.74 Å². The molecule has 8 nitrogen and oxygen atoms in total. The van der Waals surface area contributed by atoms with E-state index >= 15 is 8.78 Å². The third-order valence-corrected chi connectivity index (χ3v) is 6.80. The highest BCUT2D eigenvalue weighted by Crippen LogP contribution is 2.47. The minimum atomic E-state index is -0.892. The third kappa shape index (κ3) is 4.83. The number of nitriles is 1. The highest BCUT2D eigenvalue weighted by molar-refractivity contribution is 5.98. The van der Waals surface area contributed by atoms with E-state index in [0.717, 1.165) is 25.0 Å². The van der Waals surface area contributed by atoms with Gasteiger partial charge in [0.2, 0.25) is 0 Å². The number of nitrogens with zero attached hydrogens (tertiary/aromatic N) is 3. The zero-order chi connectivity index (χ0) is 27.1. The van der Waals surface area contributed by atoms with Gasteiger partial charge >= 0.3 is 0 Å². The first-order chi connectivity index (χ1) is 18.8. The molecule has 0 saturated heterocycles. The Morgan fingerprint density at radius 3 is 2.59 bits per heavy atom. The number of rotatable bonds is 6. The lowest BCUT2D eigenvalue weighted by atomic mass is 10.0. The normalized spacial score (nSPS) is 15.5. The van der Waals surface area contributed by atoms with Gasteiger partial charge in [0.05, 0.1) is 30.2 Å². The van der Waals surface area contributed by atoms with Gasteiger partial charge in [0.15, 0.2) is 17.4 Å². The first kappa shape index (κ1) is 24.7. The number of hydrogen-bond donors (Lipinski definition) is 2. The second-order valence-electron chi connectivity index (χ2n) is 10.1. The fraction of sp³-hybridized carbons (Fsp3) is 0.276. The maximum absolute atomic E-state index is 15.1. The van der Waals surface area contributed by atoms with Gasteiger partial charge in [-0.25, -0.2) is 18.8 Å². The summed E-state index contributed by atoms with van der Waals surface area (Å²) < 4.78 is 47.4. The van der Waals surface area contributed by atoms with Gasteiger partial charge in [-0.2, -0.15) is 5.26 Å². The Balaban J connectivity index is 1.30. The predicted octanol–water partition coefficient (Wildman–Crippen LogP) is 6.54. The average molecular weight is 530 g/mol. The van der Waals surface area contributed by atoms with Crippen LogP contribution < -0.4 is 14.8 Å². The van der Waals surface area contributed by atoms with Gasteiger partial charge in [-0.1, -0.05) is 6.07 Å². The Hall–Kier alpha value is -4.65. The minimum absolute atomic E-state index is 0.0929. The molecule has 3 heterocycles. The first-order valence-electron chi connectivity index (χ1n) is 12.6. The van der Waals surface area contributed by atoms with Gasteiger partial charge in [0, 0.05) is 41.2 Å². The van der Waals surface area contributed by atoms with E-state index in [2.05, 4.69) is 26.3 Å². The number of aromatic amines is 1. The van der Waals surface area contributed by atoms with Crippen LogP contribution in [0.3, 0.4) is 0 Å². The molecule has 2 aromatic heterocycles. The number of hydrogen-bond acceptors (Lipinski definition) is 7. The van der Waals surface area contributed by atoms with Gasteiger partial charge in [-0.05, 0) is 50.5 Å². The number of ether oxygens (including phenoxy) is 3. The van der Waals surface area contributed by atoms with E-state index in [0.29, 0.717) is 46.6 Å². The second kappa shape index (κ2) is 9.58. The van der Waals surface area contributed by atoms with Crippen molar-refractivity contribution in [2.75, 3.05) is 18.5 Å². The van der Waals surface area contributed by atoms with Crippen molar-refractivity contribution in [1.29, 1.82) is 5.26 Å². The van der Waals surface area contributed by atoms with Crippen molar-refractivity contribution in [1.82, 2.24) is 9.97 Å². The van der Waals surface area contributed by atoms with Crippen LogP contribution >= 0.6 is 0 Å². The number of anilines is 1. The highest BCUT2D eigenvalue weighted by atomic mass is 19.1. The molecule has 0 radical (unpaired) electrons. The summed E-state index contributed by atoms with van der Waals surface area (Å²) in [4.78, 5) is 11.7. The van der Waals surface area contributed by atoms with Crippen LogP contribution in [0.25, 0.3) is 22.2 Å². The number of pyridine rings is 1. The maximum atomic E-state index is 15.1. The molecule has 1 aliphatic heterocycles. The van der Waals surface area contributed by atoms with E-state index in [4.69, 9.17) is 14.2 Å². The van der Waals surface area contributed by atoms with Crippen molar-refractivity contribution < 1.29 is 23.0 Å². The summed E-state index contributed by atoms with van der Waals surface area (Å²) in [6, 6.07) is 11.4. The second-order valence-corrected chi connectivity index (χ2v) is 10.1. The minimum Gasteiger partial charge on any atom is -0.490 e. The lowest BCUT2D eigenvalue weighted by Gasteiger charge is -2.22. The molecule has 2 aliphatic rings. The fourth-order valence-corrected chi connectivity index (χ4v) is 4.55. The van der Waals surface area contributed by atoms with E-state index in [1.165, 1.54) is 12.3 Å². The molecule has 0 atom stereocenters. The summed E-state index contributed by atoms with van der Waals surface area (Å²) >= 11 is 0. The van der Waals surface area contributed by atoms with E-state index in [1.54, 1.807) is 24.4 Å². The molecule has 0 amide bonds. The maximum Gasteiger partial charge on any atom is 0.289 e. The summed E-state index contributed by atoms with van der Waals surface area (Å²) in [7, 11) is 0. The fourth-order valence-electron chi connectivity index (χ4n) is 4.55. The van der Waals surface area contributed by atoms with Gasteiger partial charge in [0.25, 0.3) is 6.02 Å². The topological polar surface area (TPSA) is 105 Å². The Kier molecular flexibility index (Phi) is 6.06. The van der Waals surface area contributed by atoms with Crippen LogP contribution in [-0.4, -0.2) is 35.2 Å². The molecule has 0 unspecified atom stereocenters. The van der Waals surface area contributed by atoms with Gasteiger partial charge < -0.3 is 24.5 Å². The number of aromatic nitrogens is 2. The SMILES string of the molecule is CC(C)Oc1ccc(-c2c[nH]c3nccc(Oc4c(F)cc(NC5=NCC6(CC6)CO5)cc4F)c23)cc1C#N. The molecule has 198 valence electrons. The van der Waals surface area contributed by atoms with Gasteiger partial charge in [0.1, 0.15) is 23.2 Å². The molecule has 39 heavy (non-hydrogen) atoms. The van der Waals surface area contributed by atoms with Crippen LogP contribution in [0, 0.1) is 28.4 Å². The van der Waals surface area contributed by atoms with Crippen LogP contribution in [0.1, 0.15) is 32.3 Å². The molecule has 6 rings (SSSR count). The first-order valence-corrected chi connectivity index (χ1v) is 12.6. The Bertz CT molecular complexity index is 1630. The number of aliphatic imine (C=N–C) groups is 1. The number of nitrogens with one attached hydrogen (secondary N) is 2. The Labute approximate surface area is 223 Å². The zero-order valence-corrected chi connectivity index (χ0v) is 21.3. The van der Waals surface area contributed by atoms with Gasteiger partial charge in [-0.3, -0.25) is 0 Å². The predicted molar refractivity (Wildman–Crippen MR) is 142 cm³/mol. The molecular formula is C29H25F2N5O3. The molecule has 1 aliphatic carbocycles. The molecule has 2 N–H and O–H groups in total. The third-order valence-electron chi connectivity index (χ3n) is 6.80. The van der Waals surface area contributed by atoms with Crippen LogP contribution in [0.15, 0.2) is 53.8 Å². The number of benzene rings is 2. The van der Waals surface area contributed by atoms with Crippen LogP contribution in [0.4, 0.5) is 14.5 Å². The largest absolute Gasteiger partial charge is 0.490 e. The lowest BCUT2D eigenvalue weighted by Crippen LogP contribution is -2.29. The summed E-state index contributed by atoms with van der Waals surface area (Å²) in [5.41, 5.74) is 2.48. The molecule has 10 heteroatoms. The summed E-state index contributed by atoms with van der Waals surface area (Å²) in [6.07, 6.45) is 5.27. The van der Waals surface area contributed by atoms with Crippen molar-refractivity contribution in [3.8, 4) is 34.4 Å². The van der Waals surface area contributed by atoms with Crippen LogP contribution in [0.2, 0.25) is 0 Å². The summed E-state index contributed by atoms with van der Waals surface area (Å²) in [5.74, 6) is -1.67. The molecule has 0 bridgehead atoms. The summed E-state index contributed by atoms with van der Waals surface area (Å²) in [6.45, 7) is 4.95. The molecule has 1 spiro atoms. The van der Waals surface area contributed by atoms with E-state index < -0.39 is 17.4 Å². The van der Waals surface area contributed by atoms with Crippen molar-refractivity contribution in [2.24, 2.45) is 10.4 Å². The Morgan fingerprint density at radius 2 is 1.92 bits per heavy atom. The highest BCUT2D eigenvalue weighted by Gasteiger charge is 2.45. The lowest BCUT2D eigenvalue weighted by molar-refractivity contribution is 0.205. The van der Waals surface area contributed by atoms with Crippen molar-refractivity contribution in [3.05, 3.63) is 66.0 Å². The number of amidine groups is 1. The van der Waals surface area contributed by atoms with Crippen molar-refractivity contribution in [2.45, 2.75) is 32.8 Å². The monoisotopic (exact) mass is 529 g/mol. The van der Waals surface area contributed by atoms with E-state index in [1.807, 2.05) is 13.8 Å². The van der Waals surface area contributed by atoms with Crippen molar-refractivity contribution >= 4 is 22.7 Å². The van der Waals surface area contributed by atoms with Gasteiger partial charge in [-0.15, -0.1) is 0 Å². The average Bonchev–Trinajstić information content (AvgIpc) is 3.52. The smallest absolute Gasteiger partial charge is 0.289 e. The van der Waals surface area contributed by atoms with E-state index in [9.17, 15) is 5.26 Å². The molecule has 1 fully saturated rings. The Morgan fingerprint density at radius 1 is 1.13 bits per heavy atom.